The summed E-state index contributed by atoms with van der Waals surface area (Å²) >= 11 is 0. The molecule has 3 nitrogen and oxygen atoms in total. The minimum atomic E-state index is -0.833. The molecule has 2 N–H and O–H groups in total. The monoisotopic (exact) mass is 286 g/mol. The van der Waals surface area contributed by atoms with Crippen LogP contribution >= 0.6 is 0 Å². The Bertz CT molecular complexity index is 208. The molecule has 0 aliphatic rings. The largest absolute Gasteiger partial charge is 0.481 e. The minimum Gasteiger partial charge on any atom is -0.481 e. The van der Waals surface area contributed by atoms with Crippen LogP contribution in [0.5, 0.6) is 0 Å². The van der Waals surface area contributed by atoms with Crippen LogP contribution in [0.2, 0.25) is 0 Å². The summed E-state index contributed by atoms with van der Waals surface area (Å²) in [6, 6.07) is 0. The Labute approximate surface area is 125 Å². The molecular weight excluding hydrogens is 252 g/mol. The lowest BCUT2D eigenvalue weighted by molar-refractivity contribution is -0.134. The van der Waals surface area contributed by atoms with Gasteiger partial charge in [0, 0.05) is 13.5 Å². The van der Waals surface area contributed by atoms with E-state index in [0.29, 0.717) is 6.61 Å². The fraction of sp³-hybridized carbons (Fsp3) is 0.824. The number of allylic oxidation sites excluding steroid dienone is 2. The molecule has 0 amide bonds. The van der Waals surface area contributed by atoms with Gasteiger partial charge in [-0.1, -0.05) is 57.6 Å². The molecule has 0 fully saturated rings. The first kappa shape index (κ1) is 21.5. The van der Waals surface area contributed by atoms with Crippen LogP contribution in [0.4, 0.5) is 0 Å². The van der Waals surface area contributed by atoms with Gasteiger partial charge < -0.3 is 10.2 Å². The van der Waals surface area contributed by atoms with Crippen LogP contribution in [-0.2, 0) is 4.79 Å². The summed E-state index contributed by atoms with van der Waals surface area (Å²) in [5.41, 5.74) is 0. The van der Waals surface area contributed by atoms with Crippen LogP contribution < -0.4 is 0 Å². The molecule has 0 aliphatic heterocycles. The van der Waals surface area contributed by atoms with Crippen LogP contribution in [0.1, 0.15) is 84.5 Å². The van der Waals surface area contributed by atoms with Crippen molar-refractivity contribution in [2.24, 2.45) is 0 Å². The number of aliphatic hydroxyl groups is 1. The van der Waals surface area contributed by atoms with Gasteiger partial charge >= 0.3 is 0 Å². The highest BCUT2D eigenvalue weighted by molar-refractivity contribution is 5.62. The summed E-state index contributed by atoms with van der Waals surface area (Å²) in [7, 11) is 0. The quantitative estimate of drug-likeness (QED) is 0.395. The molecule has 0 aromatic heterocycles. The number of hydrogen-bond acceptors (Lipinski definition) is 2. The Morgan fingerprint density at radius 1 is 0.850 bits per heavy atom. The zero-order valence-electron chi connectivity index (χ0n) is 13.4. The van der Waals surface area contributed by atoms with Crippen molar-refractivity contribution in [1.29, 1.82) is 0 Å². The first-order valence-corrected chi connectivity index (χ1v) is 8.10. The molecule has 0 rings (SSSR count). The van der Waals surface area contributed by atoms with E-state index in [1.807, 2.05) is 0 Å². The normalized spacial score (nSPS) is 10.3. The Balaban J connectivity index is 0. The number of aliphatic carboxylic acids is 1. The van der Waals surface area contributed by atoms with Crippen molar-refractivity contribution in [3.05, 3.63) is 12.2 Å². The van der Waals surface area contributed by atoms with Crippen LogP contribution in [0.3, 0.4) is 0 Å². The summed E-state index contributed by atoms with van der Waals surface area (Å²) in [4.78, 5) is 9.00. The van der Waals surface area contributed by atoms with Crippen LogP contribution in [-0.4, -0.2) is 22.8 Å². The fourth-order valence-electron chi connectivity index (χ4n) is 1.83. The van der Waals surface area contributed by atoms with E-state index in [4.69, 9.17) is 15.0 Å². The molecule has 0 saturated heterocycles. The summed E-state index contributed by atoms with van der Waals surface area (Å²) < 4.78 is 0. The van der Waals surface area contributed by atoms with E-state index >= 15 is 0 Å². The molecule has 0 aliphatic carbocycles. The highest BCUT2D eigenvalue weighted by atomic mass is 16.4. The number of hydrogen-bond donors (Lipinski definition) is 2. The van der Waals surface area contributed by atoms with E-state index in [0.717, 1.165) is 26.2 Å². The van der Waals surface area contributed by atoms with Gasteiger partial charge in [-0.25, -0.2) is 0 Å². The molecule has 0 aromatic carbocycles. The van der Waals surface area contributed by atoms with Crippen molar-refractivity contribution in [3.8, 4) is 0 Å². The molecule has 0 aromatic rings. The predicted molar refractivity (Wildman–Crippen MR) is 86.0 cm³/mol. The van der Waals surface area contributed by atoms with Gasteiger partial charge in [0.25, 0.3) is 5.97 Å². The van der Waals surface area contributed by atoms with Crippen molar-refractivity contribution < 1.29 is 15.0 Å². The van der Waals surface area contributed by atoms with Crippen LogP contribution in [0.25, 0.3) is 0 Å². The number of unbranched alkanes of at least 4 members (excludes halogenated alkanes) is 9. The average molecular weight is 286 g/mol. The number of rotatable bonds is 12. The van der Waals surface area contributed by atoms with Crippen LogP contribution in [0, 0.1) is 0 Å². The van der Waals surface area contributed by atoms with Crippen molar-refractivity contribution in [3.63, 3.8) is 0 Å². The number of carboxylic acids is 1. The number of carboxylic acid groups (broad SMARTS) is 1. The zero-order chi connectivity index (χ0) is 15.5. The third kappa shape index (κ3) is 30.3. The second kappa shape index (κ2) is 20.5. The molecule has 20 heavy (non-hydrogen) atoms. The van der Waals surface area contributed by atoms with Gasteiger partial charge in [-0.2, -0.15) is 0 Å². The zero-order valence-corrected chi connectivity index (χ0v) is 13.4. The van der Waals surface area contributed by atoms with Gasteiger partial charge in [0.15, 0.2) is 0 Å². The molecular formula is C17H34O3. The smallest absolute Gasteiger partial charge is 0.300 e. The van der Waals surface area contributed by atoms with Gasteiger partial charge in [0.1, 0.15) is 0 Å². The number of carbonyl (C=O) groups is 1. The standard InChI is InChI=1S/C15H30O.C2H4O2/c1-2-3-4-5-6-7-8-9-10-11-12-13-14-15-16;1-2(3)4/h10-11,16H,2-9,12-15H2,1H3;1H3,(H,3,4). The topological polar surface area (TPSA) is 57.5 Å². The van der Waals surface area contributed by atoms with Gasteiger partial charge in [-0.15, -0.1) is 0 Å². The van der Waals surface area contributed by atoms with Gasteiger partial charge in [0.2, 0.25) is 0 Å². The average Bonchev–Trinajstić information content (AvgIpc) is 2.39. The first-order valence-electron chi connectivity index (χ1n) is 8.10. The second-order valence-electron chi connectivity index (χ2n) is 5.12. The first-order chi connectivity index (χ1) is 9.65. The Kier molecular flexibility index (Phi) is 22.0. The lowest BCUT2D eigenvalue weighted by Crippen LogP contribution is -1.81. The molecule has 0 bridgehead atoms. The molecule has 0 atom stereocenters. The maximum Gasteiger partial charge on any atom is 0.300 e. The lowest BCUT2D eigenvalue weighted by atomic mass is 10.1. The van der Waals surface area contributed by atoms with Crippen molar-refractivity contribution in [1.82, 2.24) is 0 Å². The molecule has 0 unspecified atom stereocenters. The number of aliphatic hydroxyl groups excluding tert-OH is 1. The summed E-state index contributed by atoms with van der Waals surface area (Å²) in [5, 5.41) is 16.0. The maximum absolute atomic E-state index is 9.00. The molecule has 0 radical (unpaired) electrons. The minimum absolute atomic E-state index is 0.339. The Morgan fingerprint density at radius 2 is 1.25 bits per heavy atom. The molecule has 3 heteroatoms. The summed E-state index contributed by atoms with van der Waals surface area (Å²) in [6.07, 6.45) is 18.8. The fourth-order valence-corrected chi connectivity index (χ4v) is 1.83. The third-order valence-corrected chi connectivity index (χ3v) is 2.92. The van der Waals surface area contributed by atoms with Crippen LogP contribution in [0.15, 0.2) is 12.2 Å². The highest BCUT2D eigenvalue weighted by Crippen LogP contribution is 2.08. The highest BCUT2D eigenvalue weighted by Gasteiger charge is 1.89. The molecule has 120 valence electrons. The van der Waals surface area contributed by atoms with E-state index in [2.05, 4.69) is 19.1 Å². The van der Waals surface area contributed by atoms with Crippen molar-refractivity contribution >= 4 is 5.97 Å². The van der Waals surface area contributed by atoms with Crippen molar-refractivity contribution in [2.45, 2.75) is 84.5 Å². The molecule has 0 saturated carbocycles. The van der Waals surface area contributed by atoms with Gasteiger partial charge in [0.05, 0.1) is 0 Å². The molecule has 0 spiro atoms. The van der Waals surface area contributed by atoms with E-state index in [1.54, 1.807) is 0 Å². The summed E-state index contributed by atoms with van der Waals surface area (Å²) in [6.45, 7) is 3.69. The maximum atomic E-state index is 9.00. The van der Waals surface area contributed by atoms with E-state index in [9.17, 15) is 0 Å². The lowest BCUT2D eigenvalue weighted by Gasteiger charge is -1.98. The Morgan fingerprint density at radius 3 is 1.70 bits per heavy atom. The molecule has 0 heterocycles. The van der Waals surface area contributed by atoms with E-state index in [1.165, 1.54) is 51.4 Å². The predicted octanol–water partition coefficient (Wildman–Crippen LogP) is 4.94. The van der Waals surface area contributed by atoms with Gasteiger partial charge in [-0.3, -0.25) is 4.79 Å². The third-order valence-electron chi connectivity index (χ3n) is 2.92. The summed E-state index contributed by atoms with van der Waals surface area (Å²) in [5.74, 6) is -0.833. The van der Waals surface area contributed by atoms with E-state index < -0.39 is 5.97 Å². The SMILES string of the molecule is CC(=O)O.CCCCCCCCCC=CCCCCO. The van der Waals surface area contributed by atoms with E-state index in [-0.39, 0.29) is 0 Å². The van der Waals surface area contributed by atoms with Crippen molar-refractivity contribution in [2.75, 3.05) is 6.61 Å². The Hall–Kier alpha value is -0.830. The van der Waals surface area contributed by atoms with Gasteiger partial charge in [-0.05, 0) is 32.1 Å². The second-order valence-corrected chi connectivity index (χ2v) is 5.12.